The SMILES string of the molecule is CCNC(=NCc1ccccc1OCc1ccccc1)NC1CC2CCC1O2. The van der Waals surface area contributed by atoms with Gasteiger partial charge in [-0.1, -0.05) is 48.5 Å². The predicted octanol–water partition coefficient (Wildman–Crippen LogP) is 3.64. The third-order valence-corrected chi connectivity index (χ3v) is 5.39. The van der Waals surface area contributed by atoms with E-state index in [1.807, 2.05) is 36.4 Å². The number of guanidine groups is 1. The zero-order chi connectivity index (χ0) is 19.2. The van der Waals surface area contributed by atoms with Gasteiger partial charge in [-0.25, -0.2) is 4.99 Å². The molecule has 0 spiro atoms. The molecule has 3 unspecified atom stereocenters. The lowest BCUT2D eigenvalue weighted by molar-refractivity contribution is 0.0992. The number of aliphatic imine (C=N–C) groups is 1. The quantitative estimate of drug-likeness (QED) is 0.570. The van der Waals surface area contributed by atoms with E-state index in [1.54, 1.807) is 0 Å². The fraction of sp³-hybridized carbons (Fsp3) is 0.435. The largest absolute Gasteiger partial charge is 0.489 e. The number of nitrogens with one attached hydrogen (secondary N) is 2. The Labute approximate surface area is 167 Å². The van der Waals surface area contributed by atoms with Crippen LogP contribution in [0.25, 0.3) is 0 Å². The molecule has 148 valence electrons. The summed E-state index contributed by atoms with van der Waals surface area (Å²) >= 11 is 0. The number of hydrogen-bond acceptors (Lipinski definition) is 3. The third-order valence-electron chi connectivity index (χ3n) is 5.39. The van der Waals surface area contributed by atoms with Gasteiger partial charge < -0.3 is 20.1 Å². The molecule has 2 aromatic rings. The number of hydrogen-bond donors (Lipinski definition) is 2. The standard InChI is InChI=1S/C23H29N3O2/c1-2-24-23(26-20-14-19-12-13-22(20)28-19)25-15-18-10-6-7-11-21(18)27-16-17-8-4-3-5-9-17/h3-11,19-20,22H,2,12-16H2,1H3,(H2,24,25,26). The lowest BCUT2D eigenvalue weighted by Crippen LogP contribution is -2.47. The van der Waals surface area contributed by atoms with Gasteiger partial charge in [0.2, 0.25) is 0 Å². The number of nitrogens with zero attached hydrogens (tertiary/aromatic N) is 1. The maximum absolute atomic E-state index is 6.06. The van der Waals surface area contributed by atoms with Gasteiger partial charge in [-0.05, 0) is 37.8 Å². The third kappa shape index (κ3) is 4.65. The van der Waals surface area contributed by atoms with Crippen LogP contribution in [0.1, 0.15) is 37.3 Å². The van der Waals surface area contributed by atoms with Gasteiger partial charge in [0.25, 0.3) is 0 Å². The first-order valence-electron chi connectivity index (χ1n) is 10.3. The van der Waals surface area contributed by atoms with E-state index in [4.69, 9.17) is 14.5 Å². The van der Waals surface area contributed by atoms with Crippen molar-refractivity contribution in [3.8, 4) is 5.75 Å². The Bertz CT molecular complexity index is 793. The normalized spacial score (nSPS) is 23.6. The van der Waals surface area contributed by atoms with Crippen molar-refractivity contribution in [2.45, 2.75) is 57.6 Å². The minimum atomic E-state index is 0.329. The molecule has 0 saturated carbocycles. The van der Waals surface area contributed by atoms with E-state index in [2.05, 4.69) is 35.8 Å². The average molecular weight is 380 g/mol. The molecule has 3 atom stereocenters. The van der Waals surface area contributed by atoms with Crippen molar-refractivity contribution < 1.29 is 9.47 Å². The number of para-hydroxylation sites is 1. The molecule has 2 heterocycles. The highest BCUT2D eigenvalue weighted by molar-refractivity contribution is 5.80. The highest BCUT2D eigenvalue weighted by atomic mass is 16.5. The molecule has 0 aliphatic carbocycles. The first-order valence-corrected chi connectivity index (χ1v) is 10.3. The summed E-state index contributed by atoms with van der Waals surface area (Å²) < 4.78 is 12.0. The van der Waals surface area contributed by atoms with Gasteiger partial charge in [-0.15, -0.1) is 0 Å². The van der Waals surface area contributed by atoms with Crippen molar-refractivity contribution in [2.24, 2.45) is 4.99 Å². The lowest BCUT2D eigenvalue weighted by Gasteiger charge is -2.22. The molecule has 4 rings (SSSR count). The Morgan fingerprint density at radius 3 is 2.68 bits per heavy atom. The van der Waals surface area contributed by atoms with Crippen molar-refractivity contribution in [1.82, 2.24) is 10.6 Å². The number of benzene rings is 2. The van der Waals surface area contributed by atoms with Crippen LogP contribution in [0, 0.1) is 0 Å². The summed E-state index contributed by atoms with van der Waals surface area (Å²) in [5.74, 6) is 1.73. The summed E-state index contributed by atoms with van der Waals surface area (Å²) in [7, 11) is 0. The molecule has 2 aromatic carbocycles. The fourth-order valence-corrected chi connectivity index (χ4v) is 3.96. The van der Waals surface area contributed by atoms with Gasteiger partial charge in [-0.2, -0.15) is 0 Å². The van der Waals surface area contributed by atoms with Crippen LogP contribution in [0.5, 0.6) is 5.75 Å². The van der Waals surface area contributed by atoms with Gasteiger partial charge >= 0.3 is 0 Å². The molecule has 2 bridgehead atoms. The summed E-state index contributed by atoms with van der Waals surface area (Å²) in [5, 5.41) is 6.93. The summed E-state index contributed by atoms with van der Waals surface area (Å²) in [6.07, 6.45) is 4.18. The second-order valence-electron chi connectivity index (χ2n) is 7.44. The van der Waals surface area contributed by atoms with Crippen LogP contribution in [0.15, 0.2) is 59.6 Å². The molecule has 2 saturated heterocycles. The molecule has 0 aromatic heterocycles. The van der Waals surface area contributed by atoms with Crippen molar-refractivity contribution in [3.05, 3.63) is 65.7 Å². The molecule has 2 N–H and O–H groups in total. The van der Waals surface area contributed by atoms with Gasteiger partial charge in [0.15, 0.2) is 5.96 Å². The van der Waals surface area contributed by atoms with E-state index in [0.717, 1.165) is 42.2 Å². The molecular formula is C23H29N3O2. The van der Waals surface area contributed by atoms with E-state index in [0.29, 0.717) is 31.4 Å². The van der Waals surface area contributed by atoms with Crippen molar-refractivity contribution in [3.63, 3.8) is 0 Å². The van der Waals surface area contributed by atoms with Crippen LogP contribution in [-0.2, 0) is 17.9 Å². The van der Waals surface area contributed by atoms with Crippen molar-refractivity contribution >= 4 is 5.96 Å². The Morgan fingerprint density at radius 1 is 1.11 bits per heavy atom. The average Bonchev–Trinajstić information content (AvgIpc) is 3.35. The topological polar surface area (TPSA) is 54.9 Å². The maximum atomic E-state index is 6.06. The monoisotopic (exact) mass is 379 g/mol. The summed E-state index contributed by atoms with van der Waals surface area (Å²) in [6, 6.07) is 18.7. The van der Waals surface area contributed by atoms with Crippen LogP contribution in [-0.4, -0.2) is 30.8 Å². The molecule has 2 aliphatic rings. The van der Waals surface area contributed by atoms with Crippen molar-refractivity contribution in [1.29, 1.82) is 0 Å². The van der Waals surface area contributed by atoms with Gasteiger partial charge in [0, 0.05) is 12.1 Å². The molecule has 28 heavy (non-hydrogen) atoms. The number of rotatable bonds is 7. The van der Waals surface area contributed by atoms with E-state index in [9.17, 15) is 0 Å². The summed E-state index contributed by atoms with van der Waals surface area (Å²) in [6.45, 7) is 4.05. The minimum Gasteiger partial charge on any atom is -0.489 e. The molecular weight excluding hydrogens is 350 g/mol. The zero-order valence-corrected chi connectivity index (χ0v) is 16.4. The second kappa shape index (κ2) is 9.11. The Balaban J connectivity index is 1.40. The van der Waals surface area contributed by atoms with Crippen LogP contribution in [0.3, 0.4) is 0 Å². The molecule has 0 amide bonds. The van der Waals surface area contributed by atoms with Gasteiger partial charge in [0.1, 0.15) is 12.4 Å². The second-order valence-corrected chi connectivity index (χ2v) is 7.44. The van der Waals surface area contributed by atoms with E-state index < -0.39 is 0 Å². The van der Waals surface area contributed by atoms with Crippen LogP contribution >= 0.6 is 0 Å². The highest BCUT2D eigenvalue weighted by Crippen LogP contribution is 2.34. The Kier molecular flexibility index (Phi) is 6.12. The first-order chi connectivity index (χ1) is 13.8. The Hall–Kier alpha value is -2.53. The minimum absolute atomic E-state index is 0.329. The van der Waals surface area contributed by atoms with E-state index >= 15 is 0 Å². The molecule has 5 heteroatoms. The summed E-state index contributed by atoms with van der Waals surface area (Å²) in [5.41, 5.74) is 2.24. The van der Waals surface area contributed by atoms with Crippen molar-refractivity contribution in [2.75, 3.05) is 6.54 Å². The van der Waals surface area contributed by atoms with Crippen LogP contribution in [0.4, 0.5) is 0 Å². The molecule has 0 radical (unpaired) electrons. The lowest BCUT2D eigenvalue weighted by atomic mass is 9.96. The van der Waals surface area contributed by atoms with Crippen LogP contribution < -0.4 is 15.4 Å². The summed E-state index contributed by atoms with van der Waals surface area (Å²) in [4.78, 5) is 4.81. The number of fused-ring (bicyclic) bond motifs is 2. The predicted molar refractivity (Wildman–Crippen MR) is 111 cm³/mol. The zero-order valence-electron chi connectivity index (χ0n) is 16.4. The fourth-order valence-electron chi connectivity index (χ4n) is 3.96. The smallest absolute Gasteiger partial charge is 0.191 e. The Morgan fingerprint density at radius 2 is 1.93 bits per heavy atom. The highest BCUT2D eigenvalue weighted by Gasteiger charge is 2.41. The van der Waals surface area contributed by atoms with Gasteiger partial charge in [0.05, 0.1) is 24.8 Å². The first kappa shape index (κ1) is 18.8. The molecule has 5 nitrogen and oxygen atoms in total. The maximum Gasteiger partial charge on any atom is 0.191 e. The molecule has 2 aliphatic heterocycles. The van der Waals surface area contributed by atoms with Crippen LogP contribution in [0.2, 0.25) is 0 Å². The van der Waals surface area contributed by atoms with E-state index in [1.165, 1.54) is 6.42 Å². The molecule has 2 fully saturated rings. The van der Waals surface area contributed by atoms with E-state index in [-0.39, 0.29) is 0 Å². The van der Waals surface area contributed by atoms with Gasteiger partial charge in [-0.3, -0.25) is 0 Å². The number of ether oxygens (including phenoxy) is 2.